The zero-order valence-electron chi connectivity index (χ0n) is 12.1. The molecule has 7 heteroatoms. The van der Waals surface area contributed by atoms with Crippen molar-refractivity contribution in [3.8, 4) is 0 Å². The molecule has 0 unspecified atom stereocenters. The molecule has 0 saturated carbocycles. The molecule has 1 saturated heterocycles. The summed E-state index contributed by atoms with van der Waals surface area (Å²) < 4.78 is 7.06. The smallest absolute Gasteiger partial charge is 0.224 e. The molecular weight excluding hydrogens is 270 g/mol. The molecule has 0 spiro atoms. The van der Waals surface area contributed by atoms with Gasteiger partial charge in [0.2, 0.25) is 11.9 Å². The molecule has 1 amide bonds. The van der Waals surface area contributed by atoms with E-state index in [1.165, 1.54) is 0 Å². The Balaban J connectivity index is 1.74. The molecule has 7 nitrogen and oxygen atoms in total. The monoisotopic (exact) mass is 289 g/mol. The number of aryl methyl sites for hydroxylation is 2. The van der Waals surface area contributed by atoms with E-state index in [4.69, 9.17) is 10.5 Å². The summed E-state index contributed by atoms with van der Waals surface area (Å²) in [5, 5.41) is 0. The number of imidazole rings is 1. The zero-order valence-corrected chi connectivity index (χ0v) is 12.1. The van der Waals surface area contributed by atoms with Gasteiger partial charge in [0.05, 0.1) is 13.2 Å². The Morgan fingerprint density at radius 2 is 2.10 bits per heavy atom. The Labute approximate surface area is 122 Å². The van der Waals surface area contributed by atoms with Crippen LogP contribution in [0.1, 0.15) is 12.1 Å². The van der Waals surface area contributed by atoms with E-state index < -0.39 is 0 Å². The number of amides is 1. The molecule has 0 atom stereocenters. The number of nitrogens with two attached hydrogens (primary N) is 1. The van der Waals surface area contributed by atoms with Gasteiger partial charge in [-0.1, -0.05) is 0 Å². The van der Waals surface area contributed by atoms with Crippen molar-refractivity contribution in [2.75, 3.05) is 32.0 Å². The molecule has 1 aliphatic heterocycles. The van der Waals surface area contributed by atoms with Gasteiger partial charge in [-0.3, -0.25) is 9.36 Å². The third-order valence-electron chi connectivity index (χ3n) is 3.67. The van der Waals surface area contributed by atoms with Gasteiger partial charge in [0.15, 0.2) is 5.65 Å². The Bertz CT molecular complexity index is 661. The predicted octanol–water partition coefficient (Wildman–Crippen LogP) is 0.571. The Kier molecular flexibility index (Phi) is 3.74. The van der Waals surface area contributed by atoms with Crippen molar-refractivity contribution in [2.24, 2.45) is 0 Å². The fourth-order valence-electron chi connectivity index (χ4n) is 2.51. The molecular formula is C14H19N5O2. The Morgan fingerprint density at radius 3 is 2.86 bits per heavy atom. The first kappa shape index (κ1) is 13.8. The number of hydrogen-bond donors (Lipinski definition) is 1. The van der Waals surface area contributed by atoms with Crippen molar-refractivity contribution < 1.29 is 9.53 Å². The quantitative estimate of drug-likeness (QED) is 0.892. The van der Waals surface area contributed by atoms with Crippen LogP contribution in [-0.2, 0) is 16.1 Å². The predicted molar refractivity (Wildman–Crippen MR) is 78.7 cm³/mol. The van der Waals surface area contributed by atoms with Crippen molar-refractivity contribution >= 4 is 23.0 Å². The van der Waals surface area contributed by atoms with Crippen LogP contribution in [0.15, 0.2) is 12.1 Å². The van der Waals surface area contributed by atoms with Gasteiger partial charge in [-0.05, 0) is 19.1 Å². The second-order valence-corrected chi connectivity index (χ2v) is 5.16. The van der Waals surface area contributed by atoms with Gasteiger partial charge in [0, 0.05) is 31.7 Å². The van der Waals surface area contributed by atoms with E-state index in [0.717, 1.165) is 16.9 Å². The third kappa shape index (κ3) is 2.82. The molecule has 1 fully saturated rings. The lowest BCUT2D eigenvalue weighted by molar-refractivity contribution is -0.135. The molecule has 3 heterocycles. The fraction of sp³-hybridized carbons (Fsp3) is 0.500. The standard InChI is InChI=1S/C14H19N5O2/c1-10-2-3-11-13(16-10)19(14(15)17-11)5-4-12(20)18-6-8-21-9-7-18/h2-3H,4-9H2,1H3,(H2,15,17). The van der Waals surface area contributed by atoms with E-state index in [0.29, 0.717) is 45.2 Å². The summed E-state index contributed by atoms with van der Waals surface area (Å²) in [5.74, 6) is 0.519. The molecule has 1 aliphatic rings. The minimum Gasteiger partial charge on any atom is -0.378 e. The van der Waals surface area contributed by atoms with E-state index in [2.05, 4.69) is 9.97 Å². The second kappa shape index (κ2) is 5.69. The molecule has 0 aliphatic carbocycles. The van der Waals surface area contributed by atoms with E-state index in [-0.39, 0.29) is 5.91 Å². The average Bonchev–Trinajstić information content (AvgIpc) is 2.80. The number of aromatic nitrogens is 3. The highest BCUT2D eigenvalue weighted by molar-refractivity contribution is 5.77. The summed E-state index contributed by atoms with van der Waals surface area (Å²) >= 11 is 0. The number of fused-ring (bicyclic) bond motifs is 1. The highest BCUT2D eigenvalue weighted by atomic mass is 16.5. The van der Waals surface area contributed by atoms with Crippen molar-refractivity contribution in [3.63, 3.8) is 0 Å². The normalized spacial score (nSPS) is 15.6. The molecule has 21 heavy (non-hydrogen) atoms. The minimum atomic E-state index is 0.118. The highest BCUT2D eigenvalue weighted by Crippen LogP contribution is 2.17. The van der Waals surface area contributed by atoms with E-state index in [9.17, 15) is 4.79 Å². The summed E-state index contributed by atoms with van der Waals surface area (Å²) in [7, 11) is 0. The number of pyridine rings is 1. The number of hydrogen-bond acceptors (Lipinski definition) is 5. The fourth-order valence-corrected chi connectivity index (χ4v) is 2.51. The lowest BCUT2D eigenvalue weighted by Gasteiger charge is -2.26. The summed E-state index contributed by atoms with van der Waals surface area (Å²) in [6.45, 7) is 4.97. The first-order chi connectivity index (χ1) is 10.1. The molecule has 2 aromatic heterocycles. The summed E-state index contributed by atoms with van der Waals surface area (Å²) in [6.07, 6.45) is 0.394. The lowest BCUT2D eigenvalue weighted by atomic mass is 10.3. The largest absolute Gasteiger partial charge is 0.378 e. The number of carbonyl (C=O) groups is 1. The van der Waals surface area contributed by atoms with E-state index >= 15 is 0 Å². The van der Waals surface area contributed by atoms with Crippen molar-refractivity contribution in [2.45, 2.75) is 19.9 Å². The van der Waals surface area contributed by atoms with Gasteiger partial charge >= 0.3 is 0 Å². The van der Waals surface area contributed by atoms with Crippen LogP contribution >= 0.6 is 0 Å². The molecule has 3 rings (SSSR count). The van der Waals surface area contributed by atoms with E-state index in [1.807, 2.05) is 24.0 Å². The first-order valence-corrected chi connectivity index (χ1v) is 7.10. The highest BCUT2D eigenvalue weighted by Gasteiger charge is 2.18. The van der Waals surface area contributed by atoms with Crippen molar-refractivity contribution in [3.05, 3.63) is 17.8 Å². The number of carbonyl (C=O) groups excluding carboxylic acids is 1. The number of nitrogen functional groups attached to an aromatic ring is 1. The van der Waals surface area contributed by atoms with Gasteiger partial charge in [-0.25, -0.2) is 9.97 Å². The van der Waals surface area contributed by atoms with Gasteiger partial charge in [-0.15, -0.1) is 0 Å². The minimum absolute atomic E-state index is 0.118. The maximum atomic E-state index is 12.2. The molecule has 2 aromatic rings. The lowest BCUT2D eigenvalue weighted by Crippen LogP contribution is -2.41. The van der Waals surface area contributed by atoms with Gasteiger partial charge < -0.3 is 15.4 Å². The van der Waals surface area contributed by atoms with Crippen molar-refractivity contribution in [1.29, 1.82) is 0 Å². The Hall–Kier alpha value is -2.15. The molecule has 112 valence electrons. The van der Waals surface area contributed by atoms with Crippen LogP contribution in [0.4, 0.5) is 5.95 Å². The van der Waals surface area contributed by atoms with Crippen LogP contribution in [0.25, 0.3) is 11.2 Å². The number of morpholine rings is 1. The van der Waals surface area contributed by atoms with Crippen LogP contribution in [0.2, 0.25) is 0 Å². The van der Waals surface area contributed by atoms with Crippen LogP contribution in [0.3, 0.4) is 0 Å². The van der Waals surface area contributed by atoms with Crippen LogP contribution < -0.4 is 5.73 Å². The number of rotatable bonds is 3. The van der Waals surface area contributed by atoms with Crippen molar-refractivity contribution in [1.82, 2.24) is 19.4 Å². The molecule has 0 radical (unpaired) electrons. The number of ether oxygens (including phenoxy) is 1. The maximum absolute atomic E-state index is 12.2. The Morgan fingerprint density at radius 1 is 1.33 bits per heavy atom. The molecule has 0 bridgehead atoms. The van der Waals surface area contributed by atoms with Gasteiger partial charge in [0.1, 0.15) is 5.52 Å². The van der Waals surface area contributed by atoms with Crippen LogP contribution in [0.5, 0.6) is 0 Å². The van der Waals surface area contributed by atoms with Crippen LogP contribution in [0, 0.1) is 6.92 Å². The maximum Gasteiger partial charge on any atom is 0.224 e. The molecule has 2 N–H and O–H groups in total. The number of anilines is 1. The first-order valence-electron chi connectivity index (χ1n) is 7.10. The van der Waals surface area contributed by atoms with Crippen LogP contribution in [-0.4, -0.2) is 51.6 Å². The third-order valence-corrected chi connectivity index (χ3v) is 3.67. The summed E-state index contributed by atoms with van der Waals surface area (Å²) in [4.78, 5) is 22.8. The average molecular weight is 289 g/mol. The molecule has 0 aromatic carbocycles. The second-order valence-electron chi connectivity index (χ2n) is 5.16. The topological polar surface area (TPSA) is 86.3 Å². The summed E-state index contributed by atoms with van der Waals surface area (Å²) in [5.41, 5.74) is 8.34. The summed E-state index contributed by atoms with van der Waals surface area (Å²) in [6, 6.07) is 3.80. The SMILES string of the molecule is Cc1ccc2nc(N)n(CCC(=O)N3CCOCC3)c2n1. The van der Waals surface area contributed by atoms with Gasteiger partial charge in [-0.2, -0.15) is 0 Å². The van der Waals surface area contributed by atoms with Gasteiger partial charge in [0.25, 0.3) is 0 Å². The number of nitrogens with zero attached hydrogens (tertiary/aromatic N) is 4. The van der Waals surface area contributed by atoms with E-state index in [1.54, 1.807) is 4.57 Å². The zero-order chi connectivity index (χ0) is 14.8.